The maximum absolute atomic E-state index is 12.6. The van der Waals surface area contributed by atoms with Crippen molar-refractivity contribution < 1.29 is 9.53 Å². The number of hydrogen-bond donors (Lipinski definition) is 1. The molecule has 0 unspecified atom stereocenters. The molecule has 0 aliphatic carbocycles. The maximum atomic E-state index is 12.6. The smallest absolute Gasteiger partial charge is 0.263 e. The fourth-order valence-corrected chi connectivity index (χ4v) is 4.26. The Morgan fingerprint density at radius 1 is 1.38 bits per heavy atom. The Morgan fingerprint density at radius 3 is 2.83 bits per heavy atom. The lowest BCUT2D eigenvalue weighted by molar-refractivity contribution is 0.0953. The lowest BCUT2D eigenvalue weighted by Crippen LogP contribution is -2.33. The Hall–Kier alpha value is -2.43. The fourth-order valence-electron chi connectivity index (χ4n) is 3.28. The van der Waals surface area contributed by atoms with Crippen LogP contribution >= 0.6 is 11.3 Å². The Bertz CT molecular complexity index is 895. The molecule has 1 aromatic carbocycles. The van der Waals surface area contributed by atoms with Crippen LogP contribution in [0.2, 0.25) is 0 Å². The second-order valence-corrected chi connectivity index (χ2v) is 8.76. The van der Waals surface area contributed by atoms with Crippen LogP contribution in [0.25, 0.3) is 10.6 Å². The first-order valence-corrected chi connectivity index (χ1v) is 10.9. The molecule has 1 N–H and O–H groups in total. The third-order valence-electron chi connectivity index (χ3n) is 4.83. The third-order valence-corrected chi connectivity index (χ3v) is 6.04. The van der Waals surface area contributed by atoms with Crippen molar-refractivity contribution in [1.29, 1.82) is 5.26 Å². The van der Waals surface area contributed by atoms with Gasteiger partial charge in [0.05, 0.1) is 17.9 Å². The van der Waals surface area contributed by atoms with Gasteiger partial charge < -0.3 is 15.0 Å². The predicted octanol–water partition coefficient (Wildman–Crippen LogP) is 3.85. The van der Waals surface area contributed by atoms with E-state index >= 15 is 0 Å². The summed E-state index contributed by atoms with van der Waals surface area (Å²) in [6, 6.07) is 7.68. The fraction of sp³-hybridized carbons (Fsp3) is 0.500. The van der Waals surface area contributed by atoms with Gasteiger partial charge in [-0.15, -0.1) is 11.3 Å². The van der Waals surface area contributed by atoms with Gasteiger partial charge in [-0.3, -0.25) is 4.79 Å². The summed E-state index contributed by atoms with van der Waals surface area (Å²) in [6.45, 7) is 10.3. The van der Waals surface area contributed by atoms with E-state index < -0.39 is 0 Å². The van der Waals surface area contributed by atoms with Crippen LogP contribution in [-0.2, 0) is 0 Å². The van der Waals surface area contributed by atoms with Crippen molar-refractivity contribution in [1.82, 2.24) is 15.2 Å². The number of hydrogen-bond acceptors (Lipinski definition) is 6. The van der Waals surface area contributed by atoms with Crippen molar-refractivity contribution in [2.45, 2.75) is 33.6 Å². The summed E-state index contributed by atoms with van der Waals surface area (Å²) in [6.07, 6.45) is 2.49. The highest BCUT2D eigenvalue weighted by Crippen LogP contribution is 2.31. The molecule has 0 saturated carbocycles. The van der Waals surface area contributed by atoms with Crippen LogP contribution in [0.3, 0.4) is 0 Å². The first-order valence-electron chi connectivity index (χ1n) is 10.1. The standard InChI is InChI=1S/C22H28N4O2S/c1-15(2)14-28-19-7-6-17(12-18(19)13-23)22-25-16(3)20(29-22)21(27)24-8-11-26-9-4-5-10-26/h6-7,12,15H,4-5,8-11,14H2,1-3H3,(H,24,27). The number of aromatic nitrogens is 1. The number of thiazole rings is 1. The molecule has 0 radical (unpaired) electrons. The van der Waals surface area contributed by atoms with E-state index in [9.17, 15) is 10.1 Å². The van der Waals surface area contributed by atoms with E-state index in [1.165, 1.54) is 24.2 Å². The molecule has 154 valence electrons. The molecule has 0 spiro atoms. The molecule has 1 amide bonds. The molecule has 0 bridgehead atoms. The first kappa shape index (κ1) is 21.3. The zero-order valence-electron chi connectivity index (χ0n) is 17.3. The normalized spacial score (nSPS) is 14.2. The number of ether oxygens (including phenoxy) is 1. The van der Waals surface area contributed by atoms with E-state index in [2.05, 4.69) is 35.1 Å². The first-order chi connectivity index (χ1) is 14.0. The summed E-state index contributed by atoms with van der Waals surface area (Å²) in [7, 11) is 0. The molecule has 2 aromatic rings. The highest BCUT2D eigenvalue weighted by atomic mass is 32.1. The molecule has 29 heavy (non-hydrogen) atoms. The van der Waals surface area contributed by atoms with Crippen molar-refractivity contribution in [2.75, 3.05) is 32.8 Å². The van der Waals surface area contributed by atoms with E-state index in [1.807, 2.05) is 19.1 Å². The Morgan fingerprint density at radius 2 is 2.14 bits per heavy atom. The van der Waals surface area contributed by atoms with Crippen LogP contribution in [0.4, 0.5) is 0 Å². The summed E-state index contributed by atoms with van der Waals surface area (Å²) >= 11 is 1.36. The summed E-state index contributed by atoms with van der Waals surface area (Å²) in [4.78, 5) is 20.1. The zero-order chi connectivity index (χ0) is 20.8. The number of likely N-dealkylation sites (tertiary alicyclic amines) is 1. The maximum Gasteiger partial charge on any atom is 0.263 e. The van der Waals surface area contributed by atoms with Crippen LogP contribution in [-0.4, -0.2) is 48.6 Å². The van der Waals surface area contributed by atoms with E-state index in [0.29, 0.717) is 41.0 Å². The van der Waals surface area contributed by atoms with Crippen LogP contribution in [0.15, 0.2) is 18.2 Å². The van der Waals surface area contributed by atoms with Crippen LogP contribution in [0.1, 0.15) is 47.6 Å². The number of rotatable bonds is 8. The molecule has 6 nitrogen and oxygen atoms in total. The molecule has 1 aliphatic heterocycles. The number of carbonyl (C=O) groups excluding carboxylic acids is 1. The Balaban J connectivity index is 1.68. The number of nitriles is 1. The molecule has 1 fully saturated rings. The zero-order valence-corrected chi connectivity index (χ0v) is 18.1. The summed E-state index contributed by atoms with van der Waals surface area (Å²) in [5.74, 6) is 0.885. The molecule has 1 aliphatic rings. The van der Waals surface area contributed by atoms with E-state index in [4.69, 9.17) is 4.74 Å². The molecule has 1 saturated heterocycles. The van der Waals surface area contributed by atoms with Crippen molar-refractivity contribution in [2.24, 2.45) is 5.92 Å². The number of amides is 1. The number of nitrogens with one attached hydrogen (secondary N) is 1. The highest BCUT2D eigenvalue weighted by Gasteiger charge is 2.18. The van der Waals surface area contributed by atoms with Crippen molar-refractivity contribution in [3.05, 3.63) is 34.3 Å². The van der Waals surface area contributed by atoms with Gasteiger partial charge in [0, 0.05) is 18.7 Å². The van der Waals surface area contributed by atoms with Gasteiger partial charge in [-0.2, -0.15) is 5.26 Å². The average molecular weight is 413 g/mol. The summed E-state index contributed by atoms with van der Waals surface area (Å²) in [5, 5.41) is 13.2. The van der Waals surface area contributed by atoms with Gasteiger partial charge in [-0.25, -0.2) is 4.98 Å². The second kappa shape index (κ2) is 9.86. The minimum absolute atomic E-state index is 0.0807. The topological polar surface area (TPSA) is 78.2 Å². The molecular weight excluding hydrogens is 384 g/mol. The minimum Gasteiger partial charge on any atom is -0.492 e. The Labute approximate surface area is 176 Å². The van der Waals surface area contributed by atoms with Gasteiger partial charge in [0.15, 0.2) is 0 Å². The number of nitrogens with zero attached hydrogens (tertiary/aromatic N) is 3. The minimum atomic E-state index is -0.0807. The number of aryl methyl sites for hydroxylation is 1. The SMILES string of the molecule is Cc1nc(-c2ccc(OCC(C)C)c(C#N)c2)sc1C(=O)NCCN1CCCC1. The molecule has 7 heteroatoms. The van der Waals surface area contributed by atoms with Gasteiger partial charge in [0.2, 0.25) is 0 Å². The van der Waals surface area contributed by atoms with Crippen molar-refractivity contribution in [3.63, 3.8) is 0 Å². The van der Waals surface area contributed by atoms with Gasteiger partial charge >= 0.3 is 0 Å². The lowest BCUT2D eigenvalue weighted by atomic mass is 10.1. The van der Waals surface area contributed by atoms with Crippen LogP contribution in [0, 0.1) is 24.2 Å². The van der Waals surface area contributed by atoms with Crippen LogP contribution in [0.5, 0.6) is 5.75 Å². The number of carbonyl (C=O) groups is 1. The summed E-state index contributed by atoms with van der Waals surface area (Å²) < 4.78 is 5.73. The largest absolute Gasteiger partial charge is 0.492 e. The van der Waals surface area contributed by atoms with Gasteiger partial charge in [0.25, 0.3) is 5.91 Å². The van der Waals surface area contributed by atoms with E-state index in [1.54, 1.807) is 6.07 Å². The lowest BCUT2D eigenvalue weighted by Gasteiger charge is -2.14. The van der Waals surface area contributed by atoms with Crippen LogP contribution < -0.4 is 10.1 Å². The molecule has 0 atom stereocenters. The second-order valence-electron chi connectivity index (χ2n) is 7.77. The van der Waals surface area contributed by atoms with Crippen molar-refractivity contribution >= 4 is 17.2 Å². The van der Waals surface area contributed by atoms with Gasteiger partial charge in [0.1, 0.15) is 21.7 Å². The quantitative estimate of drug-likeness (QED) is 0.712. The monoisotopic (exact) mass is 412 g/mol. The van der Waals surface area contributed by atoms with Gasteiger partial charge in [-0.05, 0) is 57.0 Å². The Kier molecular flexibility index (Phi) is 7.24. The third kappa shape index (κ3) is 5.55. The number of benzene rings is 1. The average Bonchev–Trinajstić information content (AvgIpc) is 3.35. The van der Waals surface area contributed by atoms with Crippen molar-refractivity contribution in [3.8, 4) is 22.4 Å². The van der Waals surface area contributed by atoms with E-state index in [-0.39, 0.29) is 5.91 Å². The van der Waals surface area contributed by atoms with Gasteiger partial charge in [-0.1, -0.05) is 13.8 Å². The highest BCUT2D eigenvalue weighted by molar-refractivity contribution is 7.17. The molecule has 2 heterocycles. The molecule has 1 aromatic heterocycles. The molecule has 3 rings (SSSR count). The predicted molar refractivity (Wildman–Crippen MR) is 115 cm³/mol. The summed E-state index contributed by atoms with van der Waals surface area (Å²) in [5.41, 5.74) is 2.01. The van der Waals surface area contributed by atoms with E-state index in [0.717, 1.165) is 30.2 Å². The molecular formula is C22H28N4O2S.